The van der Waals surface area contributed by atoms with Crippen LogP contribution in [0.15, 0.2) is 42.5 Å². The molecule has 1 aliphatic rings. The molecule has 2 N–H and O–H groups in total. The summed E-state index contributed by atoms with van der Waals surface area (Å²) in [5.74, 6) is 0.877. The van der Waals surface area contributed by atoms with Gasteiger partial charge in [-0.05, 0) is 61.6 Å². The van der Waals surface area contributed by atoms with Crippen LogP contribution >= 0.6 is 0 Å². The highest BCUT2D eigenvalue weighted by Crippen LogP contribution is 2.46. The summed E-state index contributed by atoms with van der Waals surface area (Å²) in [6.45, 7) is 2.41. The third kappa shape index (κ3) is 4.27. The number of hydrogen-bond acceptors (Lipinski definition) is 4. The second kappa shape index (κ2) is 8.33. The van der Waals surface area contributed by atoms with Gasteiger partial charge in [0.2, 0.25) is 11.8 Å². The Morgan fingerprint density at radius 1 is 1.00 bits per heavy atom. The molecule has 2 amide bonds. The van der Waals surface area contributed by atoms with E-state index in [1.54, 1.807) is 14.2 Å². The van der Waals surface area contributed by atoms with Gasteiger partial charge in [0.1, 0.15) is 5.41 Å². The van der Waals surface area contributed by atoms with Crippen molar-refractivity contribution < 1.29 is 19.1 Å². The monoisotopic (exact) mass is 382 g/mol. The lowest BCUT2D eigenvalue weighted by atomic mass is 10.0. The third-order valence-electron chi connectivity index (χ3n) is 5.04. The molecule has 148 valence electrons. The summed E-state index contributed by atoms with van der Waals surface area (Å²) in [5.41, 5.74) is 1.85. The molecule has 1 fully saturated rings. The normalized spacial score (nSPS) is 14.1. The van der Waals surface area contributed by atoms with E-state index in [2.05, 4.69) is 10.6 Å². The van der Waals surface area contributed by atoms with Gasteiger partial charge in [0.15, 0.2) is 11.5 Å². The molecule has 0 aromatic heterocycles. The SMILES string of the molecule is COc1ccc(CCNC(=O)C2(C(=O)Nc3cccc(C)c3)CC2)cc1OC. The first kappa shape index (κ1) is 19.7. The predicted octanol–water partition coefficient (Wildman–Crippen LogP) is 3.09. The maximum absolute atomic E-state index is 12.6. The summed E-state index contributed by atoms with van der Waals surface area (Å²) < 4.78 is 10.5. The van der Waals surface area contributed by atoms with Crippen LogP contribution in [0, 0.1) is 12.3 Å². The Morgan fingerprint density at radius 3 is 2.39 bits per heavy atom. The Morgan fingerprint density at radius 2 is 1.75 bits per heavy atom. The molecule has 0 spiro atoms. The number of carbonyl (C=O) groups excluding carboxylic acids is 2. The second-order valence-corrected chi connectivity index (χ2v) is 7.10. The number of ether oxygens (including phenoxy) is 2. The molecule has 6 heteroatoms. The summed E-state index contributed by atoms with van der Waals surface area (Å²) in [6.07, 6.45) is 1.79. The van der Waals surface area contributed by atoms with Gasteiger partial charge in [0.05, 0.1) is 14.2 Å². The van der Waals surface area contributed by atoms with Crippen LogP contribution in [0.25, 0.3) is 0 Å². The van der Waals surface area contributed by atoms with Gasteiger partial charge in [-0.3, -0.25) is 9.59 Å². The van der Waals surface area contributed by atoms with E-state index in [1.165, 1.54) is 0 Å². The van der Waals surface area contributed by atoms with Crippen molar-refractivity contribution in [3.63, 3.8) is 0 Å². The van der Waals surface area contributed by atoms with E-state index >= 15 is 0 Å². The highest BCUT2D eigenvalue weighted by molar-refractivity contribution is 6.13. The molecule has 28 heavy (non-hydrogen) atoms. The van der Waals surface area contributed by atoms with Crippen LogP contribution in [-0.4, -0.2) is 32.6 Å². The molecular weight excluding hydrogens is 356 g/mol. The Labute approximate surface area is 165 Å². The first-order chi connectivity index (χ1) is 13.5. The van der Waals surface area contributed by atoms with E-state index in [4.69, 9.17) is 9.47 Å². The average molecular weight is 382 g/mol. The number of hydrogen-bond donors (Lipinski definition) is 2. The number of aryl methyl sites for hydroxylation is 1. The van der Waals surface area contributed by atoms with Crippen molar-refractivity contribution in [3.8, 4) is 11.5 Å². The number of amides is 2. The average Bonchev–Trinajstić information content (AvgIpc) is 3.50. The molecule has 2 aromatic carbocycles. The predicted molar refractivity (Wildman–Crippen MR) is 108 cm³/mol. The molecule has 0 bridgehead atoms. The lowest BCUT2D eigenvalue weighted by molar-refractivity contribution is -0.134. The highest BCUT2D eigenvalue weighted by atomic mass is 16.5. The van der Waals surface area contributed by atoms with Gasteiger partial charge in [-0.15, -0.1) is 0 Å². The van der Waals surface area contributed by atoms with Gasteiger partial charge in [-0.2, -0.15) is 0 Å². The molecule has 0 aliphatic heterocycles. The smallest absolute Gasteiger partial charge is 0.240 e. The molecule has 0 atom stereocenters. The van der Waals surface area contributed by atoms with Crippen LogP contribution < -0.4 is 20.1 Å². The van der Waals surface area contributed by atoms with Crippen molar-refractivity contribution in [1.82, 2.24) is 5.32 Å². The Hall–Kier alpha value is -3.02. The van der Waals surface area contributed by atoms with E-state index in [-0.39, 0.29) is 11.8 Å². The fourth-order valence-electron chi connectivity index (χ4n) is 3.18. The van der Waals surface area contributed by atoms with Gasteiger partial charge in [-0.1, -0.05) is 18.2 Å². The number of rotatable bonds is 8. The Balaban J connectivity index is 1.55. The molecule has 3 rings (SSSR count). The molecule has 1 saturated carbocycles. The lowest BCUT2D eigenvalue weighted by Crippen LogP contribution is -2.40. The number of nitrogens with one attached hydrogen (secondary N) is 2. The third-order valence-corrected chi connectivity index (χ3v) is 5.04. The largest absolute Gasteiger partial charge is 0.493 e. The van der Waals surface area contributed by atoms with E-state index in [1.807, 2.05) is 49.4 Å². The van der Waals surface area contributed by atoms with Crippen molar-refractivity contribution in [2.75, 3.05) is 26.1 Å². The first-order valence-electron chi connectivity index (χ1n) is 9.36. The standard InChI is InChI=1S/C22H26N2O4/c1-15-5-4-6-17(13-15)24-21(26)22(10-11-22)20(25)23-12-9-16-7-8-18(27-2)19(14-16)28-3/h4-8,13-14H,9-12H2,1-3H3,(H,23,25)(H,24,26). The van der Waals surface area contributed by atoms with Crippen molar-refractivity contribution in [3.05, 3.63) is 53.6 Å². The van der Waals surface area contributed by atoms with Crippen LogP contribution in [0.5, 0.6) is 11.5 Å². The van der Waals surface area contributed by atoms with Crippen molar-refractivity contribution >= 4 is 17.5 Å². The molecule has 6 nitrogen and oxygen atoms in total. The number of methoxy groups -OCH3 is 2. The molecule has 2 aromatic rings. The minimum atomic E-state index is -0.943. The number of benzene rings is 2. The van der Waals surface area contributed by atoms with Gasteiger partial charge < -0.3 is 20.1 Å². The van der Waals surface area contributed by atoms with Crippen LogP contribution in [0.1, 0.15) is 24.0 Å². The van der Waals surface area contributed by atoms with E-state index < -0.39 is 5.41 Å². The van der Waals surface area contributed by atoms with Crippen LogP contribution in [0.2, 0.25) is 0 Å². The molecule has 0 heterocycles. The highest BCUT2D eigenvalue weighted by Gasteiger charge is 2.56. The van der Waals surface area contributed by atoms with E-state index in [0.717, 1.165) is 16.8 Å². The summed E-state index contributed by atoms with van der Waals surface area (Å²) in [6, 6.07) is 13.2. The van der Waals surface area contributed by atoms with Crippen LogP contribution in [0.3, 0.4) is 0 Å². The Bertz CT molecular complexity index is 875. The minimum Gasteiger partial charge on any atom is -0.493 e. The van der Waals surface area contributed by atoms with E-state index in [0.29, 0.717) is 37.3 Å². The van der Waals surface area contributed by atoms with Crippen molar-refractivity contribution in [2.24, 2.45) is 5.41 Å². The summed E-state index contributed by atoms with van der Waals surface area (Å²) in [4.78, 5) is 25.3. The molecule has 0 radical (unpaired) electrons. The first-order valence-corrected chi connectivity index (χ1v) is 9.36. The summed E-state index contributed by atoms with van der Waals surface area (Å²) >= 11 is 0. The number of carbonyl (C=O) groups is 2. The number of anilines is 1. The van der Waals surface area contributed by atoms with Gasteiger partial charge >= 0.3 is 0 Å². The van der Waals surface area contributed by atoms with Crippen molar-refractivity contribution in [2.45, 2.75) is 26.2 Å². The minimum absolute atomic E-state index is 0.210. The zero-order valence-corrected chi connectivity index (χ0v) is 16.5. The molecule has 1 aliphatic carbocycles. The fourth-order valence-corrected chi connectivity index (χ4v) is 3.18. The van der Waals surface area contributed by atoms with Crippen molar-refractivity contribution in [1.29, 1.82) is 0 Å². The fraction of sp³-hybridized carbons (Fsp3) is 0.364. The van der Waals surface area contributed by atoms with Crippen LogP contribution in [-0.2, 0) is 16.0 Å². The molecule has 0 saturated heterocycles. The van der Waals surface area contributed by atoms with Gasteiger partial charge in [0.25, 0.3) is 0 Å². The Kier molecular flexibility index (Phi) is 5.87. The zero-order chi connectivity index (χ0) is 20.1. The van der Waals surface area contributed by atoms with E-state index in [9.17, 15) is 9.59 Å². The maximum Gasteiger partial charge on any atom is 0.240 e. The molecular formula is C22H26N2O4. The quantitative estimate of drug-likeness (QED) is 0.688. The van der Waals surface area contributed by atoms with Gasteiger partial charge in [0, 0.05) is 12.2 Å². The van der Waals surface area contributed by atoms with Gasteiger partial charge in [-0.25, -0.2) is 0 Å². The lowest BCUT2D eigenvalue weighted by Gasteiger charge is -2.16. The second-order valence-electron chi connectivity index (χ2n) is 7.10. The summed E-state index contributed by atoms with van der Waals surface area (Å²) in [7, 11) is 3.18. The topological polar surface area (TPSA) is 76.7 Å². The maximum atomic E-state index is 12.6. The van der Waals surface area contributed by atoms with Crippen LogP contribution in [0.4, 0.5) is 5.69 Å². The zero-order valence-electron chi connectivity index (χ0n) is 16.5. The summed E-state index contributed by atoms with van der Waals surface area (Å²) in [5, 5.41) is 5.78. The molecule has 0 unspecified atom stereocenters.